The van der Waals surface area contributed by atoms with Gasteiger partial charge < -0.3 is 10.6 Å². The van der Waals surface area contributed by atoms with Crippen molar-refractivity contribution in [2.24, 2.45) is 5.92 Å². The largest absolute Gasteiger partial charge is 0.378 e. The Hall–Kier alpha value is -3.07. The highest BCUT2D eigenvalue weighted by atomic mass is 16.1. The van der Waals surface area contributed by atoms with E-state index in [0.29, 0.717) is 18.3 Å². The average molecular weight is 368 g/mol. The van der Waals surface area contributed by atoms with Gasteiger partial charge in [0.05, 0.1) is 6.04 Å². The summed E-state index contributed by atoms with van der Waals surface area (Å²) < 4.78 is 0. The highest BCUT2D eigenvalue weighted by Crippen LogP contribution is 2.51. The predicted octanol–water partition coefficient (Wildman–Crippen LogP) is 6.01. The van der Waals surface area contributed by atoms with E-state index in [4.69, 9.17) is 0 Å². The Labute approximate surface area is 165 Å². The summed E-state index contributed by atoms with van der Waals surface area (Å²) in [5.74, 6) is 0.907. The maximum Gasteiger partial charge on any atom is 0.224 e. The van der Waals surface area contributed by atoms with Gasteiger partial charge in [-0.2, -0.15) is 0 Å². The lowest BCUT2D eigenvalue weighted by atomic mass is 9.76. The van der Waals surface area contributed by atoms with Crippen LogP contribution in [-0.4, -0.2) is 5.91 Å². The van der Waals surface area contributed by atoms with E-state index in [1.165, 1.54) is 27.6 Å². The Bertz CT molecular complexity index is 1080. The molecule has 0 aromatic heterocycles. The second-order valence-electron chi connectivity index (χ2n) is 7.75. The van der Waals surface area contributed by atoms with Crippen LogP contribution in [0.1, 0.15) is 42.9 Å². The van der Waals surface area contributed by atoms with E-state index >= 15 is 0 Å². The van der Waals surface area contributed by atoms with Crippen LogP contribution in [0.15, 0.2) is 72.8 Å². The molecule has 1 aliphatic carbocycles. The van der Waals surface area contributed by atoms with Crippen LogP contribution in [0.5, 0.6) is 0 Å². The molecule has 3 aromatic carbocycles. The summed E-state index contributed by atoms with van der Waals surface area (Å²) in [7, 11) is 0. The van der Waals surface area contributed by atoms with Crippen molar-refractivity contribution in [3.8, 4) is 0 Å². The predicted molar refractivity (Wildman–Crippen MR) is 116 cm³/mol. The van der Waals surface area contributed by atoms with E-state index < -0.39 is 0 Å². The van der Waals surface area contributed by atoms with Gasteiger partial charge in [-0.15, -0.1) is 0 Å². The first-order valence-electron chi connectivity index (χ1n) is 10.1. The molecule has 0 saturated heterocycles. The fourth-order valence-corrected chi connectivity index (χ4v) is 4.75. The molecule has 3 nitrogen and oxygen atoms in total. The van der Waals surface area contributed by atoms with E-state index in [9.17, 15) is 4.79 Å². The SMILES string of the molecule is CCC(=O)Nc1ccc2c(c1)C1C=CCC1C(c1cccc3ccccc13)N2. The van der Waals surface area contributed by atoms with Crippen LogP contribution >= 0.6 is 0 Å². The number of benzene rings is 3. The zero-order valence-corrected chi connectivity index (χ0v) is 16.0. The fraction of sp³-hybridized carbons (Fsp3) is 0.240. The van der Waals surface area contributed by atoms with Crippen molar-refractivity contribution in [3.05, 3.63) is 83.9 Å². The van der Waals surface area contributed by atoms with Crippen LogP contribution in [0.4, 0.5) is 11.4 Å². The monoisotopic (exact) mass is 368 g/mol. The molecule has 1 heterocycles. The van der Waals surface area contributed by atoms with Crippen LogP contribution < -0.4 is 10.6 Å². The van der Waals surface area contributed by atoms with Gasteiger partial charge in [0, 0.05) is 23.7 Å². The molecule has 3 atom stereocenters. The van der Waals surface area contributed by atoms with E-state index in [0.717, 1.165) is 12.1 Å². The minimum absolute atomic E-state index is 0.0517. The normalized spacial score (nSPS) is 22.4. The topological polar surface area (TPSA) is 41.1 Å². The molecule has 3 aromatic rings. The summed E-state index contributed by atoms with van der Waals surface area (Å²) in [6.07, 6.45) is 6.20. The van der Waals surface area contributed by atoms with Crippen molar-refractivity contribution in [2.75, 3.05) is 10.6 Å². The number of fused-ring (bicyclic) bond motifs is 4. The second kappa shape index (κ2) is 6.83. The molecule has 5 rings (SSSR count). The lowest BCUT2D eigenvalue weighted by Gasteiger charge is -2.38. The standard InChI is InChI=1S/C25H24N2O/c1-2-24(28)26-17-13-14-23-22(15-17)19-10-6-12-21(19)25(27-23)20-11-5-8-16-7-3-4-9-18(16)20/h3-11,13-15,19,21,25,27H,2,12H2,1H3,(H,26,28). The summed E-state index contributed by atoms with van der Waals surface area (Å²) in [6.45, 7) is 1.87. The molecule has 0 spiro atoms. The molecule has 140 valence electrons. The van der Waals surface area contributed by atoms with Crippen molar-refractivity contribution in [1.29, 1.82) is 0 Å². The van der Waals surface area contributed by atoms with E-state index in [2.05, 4.69) is 77.4 Å². The summed E-state index contributed by atoms with van der Waals surface area (Å²) in [6, 6.07) is 21.8. The summed E-state index contributed by atoms with van der Waals surface area (Å²) in [4.78, 5) is 11.8. The molecule has 2 aliphatic rings. The molecule has 1 aliphatic heterocycles. The van der Waals surface area contributed by atoms with Gasteiger partial charge in [-0.05, 0) is 52.4 Å². The maximum atomic E-state index is 11.8. The summed E-state index contributed by atoms with van der Waals surface area (Å²) in [5.41, 5.74) is 4.70. The molecule has 0 bridgehead atoms. The van der Waals surface area contributed by atoms with Gasteiger partial charge in [-0.1, -0.05) is 61.5 Å². The van der Waals surface area contributed by atoms with Crippen molar-refractivity contribution >= 4 is 28.1 Å². The molecule has 3 unspecified atom stereocenters. The molecular formula is C25H24N2O. The molecular weight excluding hydrogens is 344 g/mol. The Kier molecular flexibility index (Phi) is 4.16. The zero-order chi connectivity index (χ0) is 19.1. The van der Waals surface area contributed by atoms with Gasteiger partial charge in [0.15, 0.2) is 0 Å². The Morgan fingerprint density at radius 3 is 2.82 bits per heavy atom. The third kappa shape index (κ3) is 2.78. The average Bonchev–Trinajstić information content (AvgIpc) is 3.23. The Morgan fingerprint density at radius 1 is 1.07 bits per heavy atom. The Balaban J connectivity index is 1.57. The number of anilines is 2. The van der Waals surface area contributed by atoms with Gasteiger partial charge in [0.25, 0.3) is 0 Å². The second-order valence-corrected chi connectivity index (χ2v) is 7.75. The summed E-state index contributed by atoms with van der Waals surface area (Å²) >= 11 is 0. The van der Waals surface area contributed by atoms with Crippen LogP contribution in [-0.2, 0) is 4.79 Å². The molecule has 3 heteroatoms. The third-order valence-electron chi connectivity index (χ3n) is 6.13. The maximum absolute atomic E-state index is 11.8. The number of carbonyl (C=O) groups excluding carboxylic acids is 1. The fourth-order valence-electron chi connectivity index (χ4n) is 4.75. The number of amides is 1. The van der Waals surface area contributed by atoms with Crippen LogP contribution in [0.25, 0.3) is 10.8 Å². The third-order valence-corrected chi connectivity index (χ3v) is 6.13. The number of hydrogen-bond acceptors (Lipinski definition) is 2. The highest BCUT2D eigenvalue weighted by molar-refractivity contribution is 5.91. The van der Waals surface area contributed by atoms with Gasteiger partial charge in [0.2, 0.25) is 5.91 Å². The first-order valence-corrected chi connectivity index (χ1v) is 10.1. The summed E-state index contributed by atoms with van der Waals surface area (Å²) in [5, 5.41) is 9.42. The molecule has 0 fully saturated rings. The minimum Gasteiger partial charge on any atom is -0.378 e. The number of hydrogen-bond donors (Lipinski definition) is 2. The van der Waals surface area contributed by atoms with Gasteiger partial charge in [0.1, 0.15) is 0 Å². The first-order chi connectivity index (χ1) is 13.7. The number of allylic oxidation sites excluding steroid dienone is 2. The van der Waals surface area contributed by atoms with E-state index in [1.807, 2.05) is 13.0 Å². The molecule has 2 N–H and O–H groups in total. The van der Waals surface area contributed by atoms with Crippen molar-refractivity contribution in [2.45, 2.75) is 31.7 Å². The van der Waals surface area contributed by atoms with E-state index in [1.54, 1.807) is 0 Å². The number of rotatable bonds is 3. The van der Waals surface area contributed by atoms with Crippen LogP contribution in [0.2, 0.25) is 0 Å². The quantitative estimate of drug-likeness (QED) is 0.556. The van der Waals surface area contributed by atoms with Crippen LogP contribution in [0, 0.1) is 5.92 Å². The smallest absolute Gasteiger partial charge is 0.224 e. The van der Waals surface area contributed by atoms with Gasteiger partial charge >= 0.3 is 0 Å². The highest BCUT2D eigenvalue weighted by Gasteiger charge is 2.38. The van der Waals surface area contributed by atoms with Crippen molar-refractivity contribution in [1.82, 2.24) is 0 Å². The van der Waals surface area contributed by atoms with Crippen LogP contribution in [0.3, 0.4) is 0 Å². The number of carbonyl (C=O) groups is 1. The van der Waals surface area contributed by atoms with E-state index in [-0.39, 0.29) is 11.9 Å². The van der Waals surface area contributed by atoms with Crippen molar-refractivity contribution < 1.29 is 4.79 Å². The molecule has 0 radical (unpaired) electrons. The molecule has 28 heavy (non-hydrogen) atoms. The minimum atomic E-state index is 0.0517. The first kappa shape index (κ1) is 17.1. The molecule has 0 saturated carbocycles. The zero-order valence-electron chi connectivity index (χ0n) is 16.0. The van der Waals surface area contributed by atoms with Crippen molar-refractivity contribution in [3.63, 3.8) is 0 Å². The molecule has 1 amide bonds. The number of nitrogens with one attached hydrogen (secondary N) is 2. The van der Waals surface area contributed by atoms with Gasteiger partial charge in [-0.25, -0.2) is 0 Å². The van der Waals surface area contributed by atoms with Gasteiger partial charge in [-0.3, -0.25) is 4.79 Å². The lowest BCUT2D eigenvalue weighted by Crippen LogP contribution is -2.29. The Morgan fingerprint density at radius 2 is 1.93 bits per heavy atom. The lowest BCUT2D eigenvalue weighted by molar-refractivity contribution is -0.115.